The summed E-state index contributed by atoms with van der Waals surface area (Å²) in [6.07, 6.45) is 1.58. The monoisotopic (exact) mass is 500 g/mol. The van der Waals surface area contributed by atoms with Crippen LogP contribution in [0.1, 0.15) is 23.9 Å². The molecule has 2 N–H and O–H groups in total. The standard InChI is InChI=1S/C27H28N6O2S/c1-19-10-7-8-15-24(19)28-18-25-30-32-27(33(25)22-12-5-4-6-13-22)36-20(2)26(34)31-29-17-21-11-9-14-23(16-21)35-3/h4-17,20,28H,18H2,1-3H3,(H,31,34)/b29-17+. The largest absolute Gasteiger partial charge is 0.497 e. The van der Waals surface area contributed by atoms with E-state index in [1.54, 1.807) is 13.3 Å². The average Bonchev–Trinajstić information content (AvgIpc) is 3.30. The van der Waals surface area contributed by atoms with Gasteiger partial charge in [0.25, 0.3) is 5.91 Å². The van der Waals surface area contributed by atoms with Crippen molar-refractivity contribution in [2.45, 2.75) is 30.8 Å². The van der Waals surface area contributed by atoms with E-state index in [-0.39, 0.29) is 5.91 Å². The first-order valence-corrected chi connectivity index (χ1v) is 12.4. The zero-order chi connectivity index (χ0) is 25.3. The maximum absolute atomic E-state index is 12.7. The van der Waals surface area contributed by atoms with E-state index in [1.807, 2.05) is 84.3 Å². The minimum atomic E-state index is -0.448. The normalized spacial score (nSPS) is 11.9. The number of amides is 1. The summed E-state index contributed by atoms with van der Waals surface area (Å²) in [5, 5.41) is 16.5. The summed E-state index contributed by atoms with van der Waals surface area (Å²) in [4.78, 5) is 12.7. The number of nitrogens with zero attached hydrogens (tertiary/aromatic N) is 4. The number of ether oxygens (including phenoxy) is 1. The highest BCUT2D eigenvalue weighted by molar-refractivity contribution is 8.00. The number of thioether (sulfide) groups is 1. The van der Waals surface area contributed by atoms with Crippen molar-refractivity contribution in [1.29, 1.82) is 0 Å². The second-order valence-corrected chi connectivity index (χ2v) is 9.32. The van der Waals surface area contributed by atoms with Crippen LogP contribution in [-0.2, 0) is 11.3 Å². The van der Waals surface area contributed by atoms with Gasteiger partial charge in [0.1, 0.15) is 5.75 Å². The first kappa shape index (κ1) is 25.0. The Hall–Kier alpha value is -4.11. The van der Waals surface area contributed by atoms with Crippen LogP contribution in [-0.4, -0.2) is 39.2 Å². The Balaban J connectivity index is 1.47. The van der Waals surface area contributed by atoms with Crippen LogP contribution in [0.15, 0.2) is 89.1 Å². The highest BCUT2D eigenvalue weighted by Gasteiger charge is 2.21. The average molecular weight is 501 g/mol. The molecule has 36 heavy (non-hydrogen) atoms. The molecule has 1 heterocycles. The van der Waals surface area contributed by atoms with Gasteiger partial charge in [0.15, 0.2) is 11.0 Å². The maximum atomic E-state index is 12.7. The molecule has 1 aromatic heterocycles. The van der Waals surface area contributed by atoms with Gasteiger partial charge >= 0.3 is 0 Å². The van der Waals surface area contributed by atoms with Gasteiger partial charge in [0, 0.05) is 11.4 Å². The van der Waals surface area contributed by atoms with E-state index in [2.05, 4.69) is 39.0 Å². The highest BCUT2D eigenvalue weighted by atomic mass is 32.2. The van der Waals surface area contributed by atoms with Crippen LogP contribution < -0.4 is 15.5 Å². The summed E-state index contributed by atoms with van der Waals surface area (Å²) in [6, 6.07) is 25.4. The molecule has 8 nitrogen and oxygen atoms in total. The van der Waals surface area contributed by atoms with E-state index in [0.717, 1.165) is 34.1 Å². The van der Waals surface area contributed by atoms with Gasteiger partial charge in [-0.05, 0) is 55.3 Å². The Labute approximate surface area is 214 Å². The zero-order valence-corrected chi connectivity index (χ0v) is 21.2. The summed E-state index contributed by atoms with van der Waals surface area (Å²) < 4.78 is 7.18. The summed E-state index contributed by atoms with van der Waals surface area (Å²) in [5.74, 6) is 1.24. The summed E-state index contributed by atoms with van der Waals surface area (Å²) in [7, 11) is 1.61. The van der Waals surface area contributed by atoms with E-state index in [9.17, 15) is 4.79 Å². The SMILES string of the molecule is COc1cccc(/C=N/NC(=O)C(C)Sc2nnc(CNc3ccccc3C)n2-c2ccccc2)c1. The van der Waals surface area contributed by atoms with Crippen LogP contribution in [0.25, 0.3) is 5.69 Å². The Morgan fingerprint density at radius 3 is 2.64 bits per heavy atom. The number of rotatable bonds is 10. The molecule has 0 saturated carbocycles. The number of hydrogen-bond acceptors (Lipinski definition) is 7. The third kappa shape index (κ3) is 6.31. The number of aromatic nitrogens is 3. The minimum absolute atomic E-state index is 0.235. The Bertz CT molecular complexity index is 1340. The molecule has 0 aliphatic heterocycles. The van der Waals surface area contributed by atoms with Crippen molar-refractivity contribution in [2.24, 2.45) is 5.10 Å². The van der Waals surface area contributed by atoms with Gasteiger partial charge in [-0.1, -0.05) is 60.3 Å². The number of anilines is 1. The molecule has 0 aliphatic carbocycles. The van der Waals surface area contributed by atoms with Gasteiger partial charge < -0.3 is 10.1 Å². The van der Waals surface area contributed by atoms with E-state index < -0.39 is 5.25 Å². The molecule has 1 atom stereocenters. The highest BCUT2D eigenvalue weighted by Crippen LogP contribution is 2.26. The maximum Gasteiger partial charge on any atom is 0.253 e. The van der Waals surface area contributed by atoms with Crippen LogP contribution >= 0.6 is 11.8 Å². The van der Waals surface area contributed by atoms with E-state index in [1.165, 1.54) is 11.8 Å². The summed E-state index contributed by atoms with van der Waals surface area (Å²) in [5.41, 5.74) is 6.54. The fourth-order valence-corrected chi connectivity index (χ4v) is 4.35. The Kier molecular flexibility index (Phi) is 8.36. The summed E-state index contributed by atoms with van der Waals surface area (Å²) >= 11 is 1.33. The topological polar surface area (TPSA) is 93.4 Å². The van der Waals surface area contributed by atoms with Gasteiger partial charge in [-0.3, -0.25) is 9.36 Å². The molecule has 1 amide bonds. The molecule has 3 aromatic carbocycles. The molecule has 0 radical (unpaired) electrons. The van der Waals surface area contributed by atoms with Crippen LogP contribution in [0.5, 0.6) is 5.75 Å². The number of carbonyl (C=O) groups excluding carboxylic acids is 1. The molecule has 184 valence electrons. The number of carbonyl (C=O) groups is 1. The quantitative estimate of drug-likeness (QED) is 0.184. The molecular formula is C27H28N6O2S. The summed E-state index contributed by atoms with van der Waals surface area (Å²) in [6.45, 7) is 4.36. The fraction of sp³-hybridized carbons (Fsp3) is 0.185. The molecule has 0 aliphatic rings. The number of methoxy groups -OCH3 is 1. The number of benzene rings is 3. The van der Waals surface area contributed by atoms with Crippen LogP contribution in [0.3, 0.4) is 0 Å². The number of hydrogen-bond donors (Lipinski definition) is 2. The molecule has 0 bridgehead atoms. The number of aryl methyl sites for hydroxylation is 1. The van der Waals surface area contributed by atoms with Crippen molar-refractivity contribution in [2.75, 3.05) is 12.4 Å². The lowest BCUT2D eigenvalue weighted by atomic mass is 10.2. The van der Waals surface area contributed by atoms with Gasteiger partial charge in [-0.25, -0.2) is 5.43 Å². The van der Waals surface area contributed by atoms with E-state index in [4.69, 9.17) is 4.74 Å². The van der Waals surface area contributed by atoms with Crippen molar-refractivity contribution in [1.82, 2.24) is 20.2 Å². The van der Waals surface area contributed by atoms with Gasteiger partial charge in [0.2, 0.25) is 0 Å². The van der Waals surface area contributed by atoms with E-state index in [0.29, 0.717) is 11.7 Å². The first-order chi connectivity index (χ1) is 17.5. The van der Waals surface area contributed by atoms with Gasteiger partial charge in [-0.15, -0.1) is 10.2 Å². The molecule has 0 saturated heterocycles. The molecule has 4 rings (SSSR count). The van der Waals surface area contributed by atoms with Crippen LogP contribution in [0, 0.1) is 6.92 Å². The van der Waals surface area contributed by atoms with Crippen LogP contribution in [0.4, 0.5) is 5.69 Å². The Morgan fingerprint density at radius 1 is 1.08 bits per heavy atom. The molecule has 1 unspecified atom stereocenters. The second kappa shape index (κ2) is 12.0. The lowest BCUT2D eigenvalue weighted by Gasteiger charge is -2.14. The molecule has 0 fully saturated rings. The number of hydrazone groups is 1. The van der Waals surface area contributed by atoms with E-state index >= 15 is 0 Å². The van der Waals surface area contributed by atoms with Gasteiger partial charge in [-0.2, -0.15) is 5.10 Å². The minimum Gasteiger partial charge on any atom is -0.497 e. The van der Waals surface area contributed by atoms with Crippen molar-refractivity contribution in [3.05, 3.63) is 95.8 Å². The predicted octanol–water partition coefficient (Wildman–Crippen LogP) is 4.83. The predicted molar refractivity (Wildman–Crippen MR) is 144 cm³/mol. The molecule has 4 aromatic rings. The lowest BCUT2D eigenvalue weighted by molar-refractivity contribution is -0.120. The Morgan fingerprint density at radius 2 is 1.86 bits per heavy atom. The fourth-order valence-electron chi connectivity index (χ4n) is 3.47. The molecule has 9 heteroatoms. The van der Waals surface area contributed by atoms with Crippen molar-refractivity contribution in [3.63, 3.8) is 0 Å². The number of nitrogens with one attached hydrogen (secondary N) is 2. The van der Waals surface area contributed by atoms with Crippen molar-refractivity contribution >= 4 is 29.6 Å². The van der Waals surface area contributed by atoms with Crippen molar-refractivity contribution < 1.29 is 9.53 Å². The third-order valence-corrected chi connectivity index (χ3v) is 6.47. The second-order valence-electron chi connectivity index (χ2n) is 8.01. The van der Waals surface area contributed by atoms with Crippen molar-refractivity contribution in [3.8, 4) is 11.4 Å². The molecular weight excluding hydrogens is 472 g/mol. The first-order valence-electron chi connectivity index (χ1n) is 11.5. The van der Waals surface area contributed by atoms with Gasteiger partial charge in [0.05, 0.1) is 25.1 Å². The number of para-hydroxylation sites is 2. The third-order valence-electron chi connectivity index (χ3n) is 5.43. The zero-order valence-electron chi connectivity index (χ0n) is 20.4. The lowest BCUT2D eigenvalue weighted by Crippen LogP contribution is -2.27. The van der Waals surface area contributed by atoms with Crippen LogP contribution in [0.2, 0.25) is 0 Å². The smallest absolute Gasteiger partial charge is 0.253 e. The molecule has 0 spiro atoms.